The molecule has 0 radical (unpaired) electrons. The van der Waals surface area contributed by atoms with Gasteiger partial charge in [-0.05, 0) is 32.1 Å². The van der Waals surface area contributed by atoms with Crippen molar-refractivity contribution >= 4 is 6.29 Å². The fourth-order valence-electron chi connectivity index (χ4n) is 2.41. The van der Waals surface area contributed by atoms with Gasteiger partial charge in [0.15, 0.2) is 0 Å². The summed E-state index contributed by atoms with van der Waals surface area (Å²) in [6.07, 6.45) is 19.5. The minimum atomic E-state index is -0.0264. The summed E-state index contributed by atoms with van der Waals surface area (Å²) in [6, 6.07) is -0.0264. The zero-order valence-electron chi connectivity index (χ0n) is 13.8. The average molecular weight is 295 g/mol. The van der Waals surface area contributed by atoms with E-state index in [-0.39, 0.29) is 6.04 Å². The first-order valence-electron chi connectivity index (χ1n) is 8.76. The molecule has 0 aromatic carbocycles. The van der Waals surface area contributed by atoms with Gasteiger partial charge in [-0.1, -0.05) is 69.2 Å². The van der Waals surface area contributed by atoms with E-state index < -0.39 is 0 Å². The Balaban J connectivity index is 3.42. The smallest absolute Gasteiger partial charge is 0.119 e. The summed E-state index contributed by atoms with van der Waals surface area (Å²) in [5.41, 5.74) is 0. The Morgan fingerprint density at radius 3 is 2.19 bits per heavy atom. The third-order valence-corrected chi connectivity index (χ3v) is 3.81. The van der Waals surface area contributed by atoms with Crippen molar-refractivity contribution in [3.63, 3.8) is 0 Å². The molecule has 0 amide bonds. The lowest BCUT2D eigenvalue weighted by Crippen LogP contribution is -2.01. The maximum atomic E-state index is 10.8. The highest BCUT2D eigenvalue weighted by atomic mass is 16.3. The number of aldehydes is 1. The highest BCUT2D eigenvalue weighted by Crippen LogP contribution is 2.12. The first-order chi connectivity index (χ1) is 10.3. The molecule has 0 aromatic rings. The minimum Gasteiger partial charge on any atom is -0.303 e. The number of allylic oxidation sites excluding steroid dienone is 1. The predicted molar refractivity (Wildman–Crippen MR) is 90.5 cm³/mol. The second-order valence-electron chi connectivity index (χ2n) is 5.83. The largest absolute Gasteiger partial charge is 0.303 e. The van der Waals surface area contributed by atoms with Crippen LogP contribution in [0, 0.1) is 4.91 Å². The molecule has 0 aromatic heterocycles. The summed E-state index contributed by atoms with van der Waals surface area (Å²) in [6.45, 7) is 2.19. The molecule has 0 fully saturated rings. The van der Waals surface area contributed by atoms with Crippen LogP contribution in [0.15, 0.2) is 17.3 Å². The number of unbranched alkanes of at least 4 members (excludes halogenated alkanes) is 9. The highest BCUT2D eigenvalue weighted by Gasteiger charge is 2.05. The average Bonchev–Trinajstić information content (AvgIpc) is 2.51. The van der Waals surface area contributed by atoms with Gasteiger partial charge in [-0.15, -0.1) is 0 Å². The van der Waals surface area contributed by atoms with Crippen LogP contribution < -0.4 is 0 Å². The summed E-state index contributed by atoms with van der Waals surface area (Å²) in [4.78, 5) is 20.9. The Kier molecular flexibility index (Phi) is 16.3. The molecule has 21 heavy (non-hydrogen) atoms. The van der Waals surface area contributed by atoms with Gasteiger partial charge < -0.3 is 4.79 Å². The number of rotatable bonds is 16. The van der Waals surface area contributed by atoms with Crippen LogP contribution in [0.25, 0.3) is 0 Å². The summed E-state index contributed by atoms with van der Waals surface area (Å²) in [5.74, 6) is 0. The van der Waals surface area contributed by atoms with Crippen LogP contribution in [0.3, 0.4) is 0 Å². The van der Waals surface area contributed by atoms with Gasteiger partial charge in [0.2, 0.25) is 0 Å². The van der Waals surface area contributed by atoms with Crippen LogP contribution in [0.2, 0.25) is 0 Å². The third kappa shape index (κ3) is 15.2. The van der Waals surface area contributed by atoms with Crippen molar-refractivity contribution in [2.75, 3.05) is 0 Å². The van der Waals surface area contributed by atoms with Gasteiger partial charge in [-0.25, -0.2) is 0 Å². The van der Waals surface area contributed by atoms with Gasteiger partial charge in [-0.3, -0.25) is 0 Å². The van der Waals surface area contributed by atoms with Gasteiger partial charge in [-0.2, -0.15) is 4.91 Å². The summed E-state index contributed by atoms with van der Waals surface area (Å²) < 4.78 is 0. The van der Waals surface area contributed by atoms with E-state index in [0.717, 1.165) is 44.8 Å². The monoisotopic (exact) mass is 295 g/mol. The first-order valence-corrected chi connectivity index (χ1v) is 8.76. The lowest BCUT2D eigenvalue weighted by molar-refractivity contribution is -0.107. The molecule has 0 aliphatic carbocycles. The van der Waals surface area contributed by atoms with E-state index in [1.54, 1.807) is 0 Å². The van der Waals surface area contributed by atoms with E-state index >= 15 is 0 Å². The maximum absolute atomic E-state index is 10.8. The van der Waals surface area contributed by atoms with Crippen LogP contribution in [0.1, 0.15) is 90.4 Å². The van der Waals surface area contributed by atoms with Crippen molar-refractivity contribution in [2.24, 2.45) is 5.18 Å². The lowest BCUT2D eigenvalue weighted by atomic mass is 10.0. The molecule has 0 aliphatic rings. The molecular weight excluding hydrogens is 262 g/mol. The van der Waals surface area contributed by atoms with Crippen molar-refractivity contribution in [1.82, 2.24) is 0 Å². The molecule has 0 rings (SSSR count). The fourth-order valence-corrected chi connectivity index (χ4v) is 2.41. The van der Waals surface area contributed by atoms with Crippen molar-refractivity contribution in [3.8, 4) is 0 Å². The van der Waals surface area contributed by atoms with Crippen LogP contribution in [0.4, 0.5) is 0 Å². The van der Waals surface area contributed by atoms with Crippen LogP contribution in [-0.4, -0.2) is 12.3 Å². The van der Waals surface area contributed by atoms with E-state index in [4.69, 9.17) is 0 Å². The van der Waals surface area contributed by atoms with Crippen molar-refractivity contribution < 1.29 is 4.79 Å². The molecule has 0 spiro atoms. The van der Waals surface area contributed by atoms with Gasteiger partial charge in [0.25, 0.3) is 0 Å². The first kappa shape index (κ1) is 20.0. The van der Waals surface area contributed by atoms with Gasteiger partial charge >= 0.3 is 0 Å². The normalized spacial score (nSPS) is 12.6. The quantitative estimate of drug-likeness (QED) is 0.152. The zero-order chi connectivity index (χ0) is 15.6. The zero-order valence-corrected chi connectivity index (χ0v) is 13.8. The van der Waals surface area contributed by atoms with Crippen LogP contribution >= 0.6 is 0 Å². The molecule has 0 heterocycles. The molecule has 0 aliphatic heterocycles. The number of hydrogen-bond donors (Lipinski definition) is 0. The fraction of sp³-hybridized carbons (Fsp3) is 0.833. The van der Waals surface area contributed by atoms with E-state index in [1.165, 1.54) is 38.5 Å². The number of hydrogen-bond acceptors (Lipinski definition) is 3. The second kappa shape index (κ2) is 17.1. The molecule has 3 nitrogen and oxygen atoms in total. The maximum Gasteiger partial charge on any atom is 0.119 e. The van der Waals surface area contributed by atoms with Crippen LogP contribution in [-0.2, 0) is 4.79 Å². The van der Waals surface area contributed by atoms with E-state index in [0.29, 0.717) is 6.42 Å². The standard InChI is InChI=1S/C18H33NO2/c1-2-3-4-12-15-18(19-21)16-13-10-8-6-5-7-9-11-14-17-20/h10,13,17-18H,2-9,11-12,14-16H2,1H3/b13-10-. The molecular formula is C18H33NO2. The molecule has 122 valence electrons. The van der Waals surface area contributed by atoms with E-state index in [9.17, 15) is 9.70 Å². The number of carbonyl (C=O) groups excluding carboxylic acids is 1. The number of carbonyl (C=O) groups is 1. The van der Waals surface area contributed by atoms with Crippen LogP contribution in [0.5, 0.6) is 0 Å². The molecule has 0 N–H and O–H groups in total. The molecule has 1 unspecified atom stereocenters. The molecule has 0 saturated heterocycles. The van der Waals surface area contributed by atoms with Gasteiger partial charge in [0.1, 0.15) is 6.29 Å². The minimum absolute atomic E-state index is 0.0264. The van der Waals surface area contributed by atoms with Gasteiger partial charge in [0.05, 0.1) is 6.04 Å². The molecule has 0 saturated carbocycles. The second-order valence-corrected chi connectivity index (χ2v) is 5.83. The predicted octanol–water partition coefficient (Wildman–Crippen LogP) is 5.97. The van der Waals surface area contributed by atoms with Crippen molar-refractivity contribution in [2.45, 2.75) is 96.4 Å². The molecule has 3 heteroatoms. The Hall–Kier alpha value is -0.990. The highest BCUT2D eigenvalue weighted by molar-refractivity contribution is 5.48. The summed E-state index contributed by atoms with van der Waals surface area (Å²) in [5, 5.41) is 3.23. The third-order valence-electron chi connectivity index (χ3n) is 3.81. The Labute approximate surface area is 130 Å². The molecule has 0 bridgehead atoms. The topological polar surface area (TPSA) is 46.5 Å². The number of nitroso groups, excluding NO2 is 1. The number of nitrogens with zero attached hydrogens (tertiary/aromatic N) is 1. The summed E-state index contributed by atoms with van der Waals surface area (Å²) >= 11 is 0. The van der Waals surface area contributed by atoms with E-state index in [2.05, 4.69) is 24.3 Å². The Morgan fingerprint density at radius 1 is 0.857 bits per heavy atom. The SMILES string of the molecule is CCCCCCC(C/C=C\CCCCCCCC=O)N=O. The van der Waals surface area contributed by atoms with E-state index in [1.807, 2.05) is 0 Å². The Morgan fingerprint density at radius 2 is 1.52 bits per heavy atom. The van der Waals surface area contributed by atoms with Gasteiger partial charge in [0, 0.05) is 6.42 Å². The Bertz CT molecular complexity index is 264. The molecule has 1 atom stereocenters. The van der Waals surface area contributed by atoms with Crippen molar-refractivity contribution in [3.05, 3.63) is 17.1 Å². The van der Waals surface area contributed by atoms with Crippen molar-refractivity contribution in [1.29, 1.82) is 0 Å². The lowest BCUT2D eigenvalue weighted by Gasteiger charge is -2.05. The summed E-state index contributed by atoms with van der Waals surface area (Å²) in [7, 11) is 0.